The normalized spacial score (nSPS) is 18.1. The lowest BCUT2D eigenvalue weighted by atomic mass is 9.88. The van der Waals surface area contributed by atoms with E-state index in [1.54, 1.807) is 0 Å². The molecule has 1 nitrogen and oxygen atoms in total. The van der Waals surface area contributed by atoms with E-state index < -0.39 is 0 Å². The van der Waals surface area contributed by atoms with Crippen molar-refractivity contribution < 1.29 is 0 Å². The van der Waals surface area contributed by atoms with Gasteiger partial charge in [-0.1, -0.05) is 48.5 Å². The Bertz CT molecular complexity index is 559. The SMILES string of the molecule is Cc1ccccc1CNC1CCc2ccccc2C1. The third-order valence-corrected chi connectivity index (χ3v) is 4.19. The van der Waals surface area contributed by atoms with Crippen LogP contribution in [0.15, 0.2) is 48.5 Å². The standard InChI is InChI=1S/C18H21N/c1-14-6-2-3-9-17(14)13-19-18-11-10-15-7-4-5-8-16(15)12-18/h2-9,18-19H,10-13H2,1H3. The molecule has 1 unspecified atom stereocenters. The molecule has 0 bridgehead atoms. The van der Waals surface area contributed by atoms with E-state index in [0.717, 1.165) is 6.54 Å². The van der Waals surface area contributed by atoms with Crippen LogP contribution in [-0.4, -0.2) is 6.04 Å². The second-order valence-corrected chi connectivity index (χ2v) is 5.52. The number of nitrogens with one attached hydrogen (secondary N) is 1. The molecule has 0 fully saturated rings. The lowest BCUT2D eigenvalue weighted by molar-refractivity contribution is 0.457. The van der Waals surface area contributed by atoms with E-state index in [4.69, 9.17) is 0 Å². The van der Waals surface area contributed by atoms with Crippen molar-refractivity contribution in [2.45, 2.75) is 38.8 Å². The van der Waals surface area contributed by atoms with Crippen LogP contribution in [0.3, 0.4) is 0 Å². The zero-order chi connectivity index (χ0) is 13.1. The monoisotopic (exact) mass is 251 g/mol. The first-order valence-electron chi connectivity index (χ1n) is 7.17. The van der Waals surface area contributed by atoms with E-state index in [1.165, 1.54) is 41.5 Å². The van der Waals surface area contributed by atoms with Gasteiger partial charge in [-0.15, -0.1) is 0 Å². The Labute approximate surface area is 115 Å². The molecule has 0 saturated carbocycles. The Morgan fingerprint density at radius 2 is 1.74 bits per heavy atom. The first-order valence-corrected chi connectivity index (χ1v) is 7.17. The average molecular weight is 251 g/mol. The fourth-order valence-electron chi connectivity index (χ4n) is 2.93. The van der Waals surface area contributed by atoms with E-state index in [9.17, 15) is 0 Å². The summed E-state index contributed by atoms with van der Waals surface area (Å²) in [5.41, 5.74) is 5.86. The van der Waals surface area contributed by atoms with Gasteiger partial charge in [0.05, 0.1) is 0 Å². The van der Waals surface area contributed by atoms with Gasteiger partial charge in [0, 0.05) is 12.6 Å². The fourth-order valence-corrected chi connectivity index (χ4v) is 2.93. The molecule has 0 saturated heterocycles. The third kappa shape index (κ3) is 2.87. The van der Waals surface area contributed by atoms with E-state index >= 15 is 0 Å². The minimum atomic E-state index is 0.620. The molecule has 2 aromatic carbocycles. The molecule has 1 N–H and O–H groups in total. The zero-order valence-corrected chi connectivity index (χ0v) is 11.5. The predicted octanol–water partition coefficient (Wildman–Crippen LogP) is 3.64. The third-order valence-electron chi connectivity index (χ3n) is 4.19. The van der Waals surface area contributed by atoms with Crippen LogP contribution in [0.1, 0.15) is 28.7 Å². The minimum absolute atomic E-state index is 0.620. The summed E-state index contributed by atoms with van der Waals surface area (Å²) >= 11 is 0. The van der Waals surface area contributed by atoms with Crippen LogP contribution in [0.4, 0.5) is 0 Å². The van der Waals surface area contributed by atoms with Crippen LogP contribution < -0.4 is 5.32 Å². The van der Waals surface area contributed by atoms with Crippen LogP contribution >= 0.6 is 0 Å². The Kier molecular flexibility index (Phi) is 3.65. The van der Waals surface area contributed by atoms with Crippen LogP contribution in [0.25, 0.3) is 0 Å². The molecule has 3 rings (SSSR count). The van der Waals surface area contributed by atoms with Crippen LogP contribution in [0, 0.1) is 6.92 Å². The van der Waals surface area contributed by atoms with Crippen molar-refractivity contribution in [3.63, 3.8) is 0 Å². The molecule has 1 aliphatic rings. The second kappa shape index (κ2) is 5.58. The Morgan fingerprint density at radius 3 is 2.58 bits per heavy atom. The lowest BCUT2D eigenvalue weighted by Crippen LogP contribution is -2.34. The van der Waals surface area contributed by atoms with Gasteiger partial charge in [-0.25, -0.2) is 0 Å². The van der Waals surface area contributed by atoms with Crippen molar-refractivity contribution in [3.8, 4) is 0 Å². The fraction of sp³-hybridized carbons (Fsp3) is 0.333. The van der Waals surface area contributed by atoms with Crippen molar-refractivity contribution in [1.29, 1.82) is 0 Å². The molecule has 0 spiro atoms. The van der Waals surface area contributed by atoms with Gasteiger partial charge in [-0.2, -0.15) is 0 Å². The van der Waals surface area contributed by atoms with Crippen molar-refractivity contribution >= 4 is 0 Å². The summed E-state index contributed by atoms with van der Waals surface area (Å²) in [4.78, 5) is 0. The largest absolute Gasteiger partial charge is 0.310 e. The van der Waals surface area contributed by atoms with Gasteiger partial charge in [0.15, 0.2) is 0 Å². The molecule has 19 heavy (non-hydrogen) atoms. The quantitative estimate of drug-likeness (QED) is 0.878. The first kappa shape index (κ1) is 12.4. The predicted molar refractivity (Wildman–Crippen MR) is 80.3 cm³/mol. The van der Waals surface area contributed by atoms with Gasteiger partial charge in [0.2, 0.25) is 0 Å². The van der Waals surface area contributed by atoms with Crippen LogP contribution in [0.5, 0.6) is 0 Å². The van der Waals surface area contributed by atoms with Gasteiger partial charge in [0.25, 0.3) is 0 Å². The molecular formula is C18H21N. The van der Waals surface area contributed by atoms with Crippen molar-refractivity contribution in [2.24, 2.45) is 0 Å². The maximum absolute atomic E-state index is 3.72. The van der Waals surface area contributed by atoms with Crippen LogP contribution in [-0.2, 0) is 19.4 Å². The molecule has 98 valence electrons. The molecule has 0 aromatic heterocycles. The molecule has 0 aliphatic heterocycles. The van der Waals surface area contributed by atoms with E-state index in [2.05, 4.69) is 60.8 Å². The van der Waals surface area contributed by atoms with E-state index in [0.29, 0.717) is 6.04 Å². The highest BCUT2D eigenvalue weighted by Crippen LogP contribution is 2.21. The average Bonchev–Trinajstić information content (AvgIpc) is 2.46. The Morgan fingerprint density at radius 1 is 1.00 bits per heavy atom. The van der Waals surface area contributed by atoms with Crippen molar-refractivity contribution in [3.05, 3.63) is 70.8 Å². The molecule has 1 aliphatic carbocycles. The molecule has 0 heterocycles. The van der Waals surface area contributed by atoms with Crippen molar-refractivity contribution in [2.75, 3.05) is 0 Å². The van der Waals surface area contributed by atoms with Crippen molar-refractivity contribution in [1.82, 2.24) is 5.32 Å². The summed E-state index contributed by atoms with van der Waals surface area (Å²) in [5, 5.41) is 3.72. The molecule has 0 amide bonds. The summed E-state index contributed by atoms with van der Waals surface area (Å²) in [5.74, 6) is 0. The Balaban J connectivity index is 1.62. The molecule has 0 radical (unpaired) electrons. The lowest BCUT2D eigenvalue weighted by Gasteiger charge is -2.25. The zero-order valence-electron chi connectivity index (χ0n) is 11.5. The number of hydrogen-bond acceptors (Lipinski definition) is 1. The van der Waals surface area contributed by atoms with Gasteiger partial charge in [0.1, 0.15) is 0 Å². The Hall–Kier alpha value is -1.60. The summed E-state index contributed by atoms with van der Waals surface area (Å²) < 4.78 is 0. The van der Waals surface area contributed by atoms with Gasteiger partial charge < -0.3 is 5.32 Å². The summed E-state index contributed by atoms with van der Waals surface area (Å²) in [7, 11) is 0. The topological polar surface area (TPSA) is 12.0 Å². The number of hydrogen-bond donors (Lipinski definition) is 1. The molecular weight excluding hydrogens is 230 g/mol. The van der Waals surface area contributed by atoms with E-state index in [-0.39, 0.29) is 0 Å². The minimum Gasteiger partial charge on any atom is -0.310 e. The molecule has 2 aromatic rings. The van der Waals surface area contributed by atoms with Gasteiger partial charge in [-0.05, 0) is 48.4 Å². The van der Waals surface area contributed by atoms with E-state index in [1.807, 2.05) is 0 Å². The van der Waals surface area contributed by atoms with Crippen LogP contribution in [0.2, 0.25) is 0 Å². The number of fused-ring (bicyclic) bond motifs is 1. The summed E-state index contributed by atoms with van der Waals surface area (Å²) in [6.07, 6.45) is 3.63. The highest BCUT2D eigenvalue weighted by molar-refractivity contribution is 5.30. The maximum Gasteiger partial charge on any atom is 0.0210 e. The summed E-state index contributed by atoms with van der Waals surface area (Å²) in [6.45, 7) is 3.17. The molecule has 1 atom stereocenters. The maximum atomic E-state index is 3.72. The second-order valence-electron chi connectivity index (χ2n) is 5.52. The van der Waals surface area contributed by atoms with Gasteiger partial charge in [-0.3, -0.25) is 0 Å². The smallest absolute Gasteiger partial charge is 0.0210 e. The first-order chi connectivity index (χ1) is 9.33. The number of benzene rings is 2. The number of aryl methyl sites for hydroxylation is 2. The highest BCUT2D eigenvalue weighted by Gasteiger charge is 2.17. The molecule has 1 heteroatoms. The highest BCUT2D eigenvalue weighted by atomic mass is 14.9. The van der Waals surface area contributed by atoms with Gasteiger partial charge >= 0.3 is 0 Å². The number of rotatable bonds is 3. The summed E-state index contributed by atoms with van der Waals surface area (Å²) in [6, 6.07) is 18.1.